The Bertz CT molecular complexity index is 321. The van der Waals surface area contributed by atoms with Gasteiger partial charge in [0.2, 0.25) is 0 Å². The number of rotatable bonds is 2. The van der Waals surface area contributed by atoms with E-state index in [-0.39, 0.29) is 19.5 Å². The van der Waals surface area contributed by atoms with Crippen molar-refractivity contribution in [1.29, 1.82) is 0 Å². The van der Waals surface area contributed by atoms with Crippen LogP contribution in [0, 0.1) is 0 Å². The van der Waals surface area contributed by atoms with Crippen molar-refractivity contribution in [2.45, 2.75) is 0 Å². The molecule has 2 aromatic carbocycles. The van der Waals surface area contributed by atoms with Gasteiger partial charge in [-0.1, -0.05) is 36.4 Å². The van der Waals surface area contributed by atoms with Crippen LogP contribution in [0.25, 0.3) is 0 Å². The van der Waals surface area contributed by atoms with Gasteiger partial charge < -0.3 is 4.74 Å². The van der Waals surface area contributed by atoms with E-state index in [2.05, 4.69) is 0 Å². The van der Waals surface area contributed by atoms with Crippen molar-refractivity contribution in [3.05, 3.63) is 60.7 Å². The summed E-state index contributed by atoms with van der Waals surface area (Å²) < 4.78 is 5.58. The van der Waals surface area contributed by atoms with E-state index >= 15 is 0 Å². The van der Waals surface area contributed by atoms with Crippen LogP contribution < -0.4 is 4.74 Å². The molecule has 0 aliphatic heterocycles. The molecule has 0 bridgehead atoms. The summed E-state index contributed by atoms with van der Waals surface area (Å²) in [5.41, 5.74) is 0. The predicted octanol–water partition coefficient (Wildman–Crippen LogP) is 3.48. The number of hydrogen-bond acceptors (Lipinski definition) is 1. The van der Waals surface area contributed by atoms with Crippen molar-refractivity contribution in [1.82, 2.24) is 0 Å². The molecule has 2 heteroatoms. The molecule has 0 aliphatic rings. The van der Waals surface area contributed by atoms with Crippen molar-refractivity contribution in [3.63, 3.8) is 0 Å². The standard InChI is InChI=1S/C12H10O.Zn/c1-3-7-11(8-4-1)13-12-9-5-2-6-10-12;/h1-10H;. The van der Waals surface area contributed by atoms with Gasteiger partial charge in [-0.2, -0.15) is 0 Å². The van der Waals surface area contributed by atoms with E-state index in [9.17, 15) is 0 Å². The molecule has 0 radical (unpaired) electrons. The predicted molar refractivity (Wildman–Crippen MR) is 53.0 cm³/mol. The molecular weight excluding hydrogens is 226 g/mol. The van der Waals surface area contributed by atoms with E-state index < -0.39 is 0 Å². The minimum absolute atomic E-state index is 0. The number of hydrogen-bond donors (Lipinski definition) is 0. The second kappa shape index (κ2) is 5.56. The van der Waals surface area contributed by atoms with Crippen LogP contribution in [0.3, 0.4) is 0 Å². The van der Waals surface area contributed by atoms with Gasteiger partial charge in [-0.3, -0.25) is 0 Å². The molecule has 0 spiro atoms. The molecule has 2 rings (SSSR count). The fourth-order valence-electron chi connectivity index (χ4n) is 1.11. The average Bonchev–Trinajstić information content (AvgIpc) is 2.21. The summed E-state index contributed by atoms with van der Waals surface area (Å²) in [5.74, 6) is 1.74. The van der Waals surface area contributed by atoms with Crippen LogP contribution in [0.15, 0.2) is 60.7 Å². The van der Waals surface area contributed by atoms with Gasteiger partial charge >= 0.3 is 0 Å². The second-order valence-electron chi connectivity index (χ2n) is 2.73. The maximum Gasteiger partial charge on any atom is 0.127 e. The minimum atomic E-state index is 0. The van der Waals surface area contributed by atoms with Crippen molar-refractivity contribution < 1.29 is 24.2 Å². The molecule has 0 atom stereocenters. The second-order valence-corrected chi connectivity index (χ2v) is 2.73. The van der Waals surface area contributed by atoms with Gasteiger partial charge in [0.25, 0.3) is 0 Å². The van der Waals surface area contributed by atoms with Gasteiger partial charge in [-0.05, 0) is 24.3 Å². The number of ether oxygens (including phenoxy) is 1. The van der Waals surface area contributed by atoms with Gasteiger partial charge in [0.1, 0.15) is 11.5 Å². The summed E-state index contributed by atoms with van der Waals surface area (Å²) in [6.45, 7) is 0. The molecule has 0 unspecified atom stereocenters. The molecule has 1 nitrogen and oxygen atoms in total. The number of para-hydroxylation sites is 2. The summed E-state index contributed by atoms with van der Waals surface area (Å²) in [4.78, 5) is 0. The molecule has 0 heterocycles. The Morgan fingerprint density at radius 3 is 1.29 bits per heavy atom. The molecule has 0 fully saturated rings. The third-order valence-electron chi connectivity index (χ3n) is 1.72. The van der Waals surface area contributed by atoms with Crippen LogP contribution >= 0.6 is 0 Å². The molecule has 0 N–H and O–H groups in total. The van der Waals surface area contributed by atoms with Crippen LogP contribution in [0.1, 0.15) is 0 Å². The summed E-state index contributed by atoms with van der Waals surface area (Å²) in [6.07, 6.45) is 0. The normalized spacial score (nSPS) is 8.86. The maximum absolute atomic E-state index is 5.58. The van der Waals surface area contributed by atoms with E-state index in [1.54, 1.807) is 0 Å². The molecule has 2 aromatic rings. The van der Waals surface area contributed by atoms with E-state index in [1.807, 2.05) is 60.7 Å². The molecule has 0 saturated heterocycles. The Morgan fingerprint density at radius 1 is 0.571 bits per heavy atom. The molecule has 0 saturated carbocycles. The van der Waals surface area contributed by atoms with Crippen molar-refractivity contribution in [2.24, 2.45) is 0 Å². The fourth-order valence-corrected chi connectivity index (χ4v) is 1.11. The van der Waals surface area contributed by atoms with Crippen LogP contribution in [0.5, 0.6) is 11.5 Å². The first-order chi connectivity index (χ1) is 6.45. The zero-order chi connectivity index (χ0) is 8.93. The number of benzene rings is 2. The largest absolute Gasteiger partial charge is 0.457 e. The van der Waals surface area contributed by atoms with Gasteiger partial charge in [0.15, 0.2) is 0 Å². The smallest absolute Gasteiger partial charge is 0.127 e. The Kier molecular flexibility index (Phi) is 4.35. The summed E-state index contributed by atoms with van der Waals surface area (Å²) in [7, 11) is 0. The van der Waals surface area contributed by atoms with Gasteiger partial charge in [0.05, 0.1) is 0 Å². The van der Waals surface area contributed by atoms with E-state index in [1.165, 1.54) is 0 Å². The summed E-state index contributed by atoms with van der Waals surface area (Å²) in [6, 6.07) is 19.5. The molecule has 0 aromatic heterocycles. The third-order valence-corrected chi connectivity index (χ3v) is 1.72. The van der Waals surface area contributed by atoms with E-state index in [0.29, 0.717) is 0 Å². The van der Waals surface area contributed by atoms with Crippen LogP contribution in [-0.2, 0) is 19.5 Å². The Hall–Kier alpha value is -1.14. The molecule has 0 aliphatic carbocycles. The van der Waals surface area contributed by atoms with E-state index in [0.717, 1.165) is 11.5 Å². The Labute approximate surface area is 96.5 Å². The fraction of sp³-hybridized carbons (Fsp3) is 0. The van der Waals surface area contributed by atoms with Crippen LogP contribution in [-0.4, -0.2) is 0 Å². The van der Waals surface area contributed by atoms with Crippen LogP contribution in [0.4, 0.5) is 0 Å². The summed E-state index contributed by atoms with van der Waals surface area (Å²) >= 11 is 0. The SMILES string of the molecule is [Zn].c1ccc(Oc2ccccc2)cc1. The maximum atomic E-state index is 5.58. The molecular formula is C12H10OZn. The quantitative estimate of drug-likeness (QED) is 0.724. The van der Waals surface area contributed by atoms with Crippen molar-refractivity contribution >= 4 is 0 Å². The monoisotopic (exact) mass is 234 g/mol. The zero-order valence-electron chi connectivity index (χ0n) is 7.89. The minimum Gasteiger partial charge on any atom is -0.457 e. The van der Waals surface area contributed by atoms with Crippen molar-refractivity contribution in [3.8, 4) is 11.5 Å². The van der Waals surface area contributed by atoms with E-state index in [4.69, 9.17) is 4.74 Å². The van der Waals surface area contributed by atoms with Gasteiger partial charge in [-0.15, -0.1) is 0 Å². The van der Waals surface area contributed by atoms with Crippen molar-refractivity contribution in [2.75, 3.05) is 0 Å². The Morgan fingerprint density at radius 2 is 0.929 bits per heavy atom. The first-order valence-electron chi connectivity index (χ1n) is 4.23. The Balaban J connectivity index is 0.000000980. The summed E-state index contributed by atoms with van der Waals surface area (Å²) in [5, 5.41) is 0. The third kappa shape index (κ3) is 2.97. The zero-order valence-corrected chi connectivity index (χ0v) is 10.9. The van der Waals surface area contributed by atoms with Crippen LogP contribution in [0.2, 0.25) is 0 Å². The first-order valence-corrected chi connectivity index (χ1v) is 4.23. The van der Waals surface area contributed by atoms with Gasteiger partial charge in [0, 0.05) is 19.5 Å². The molecule has 0 amide bonds. The average molecular weight is 236 g/mol. The van der Waals surface area contributed by atoms with Gasteiger partial charge in [-0.25, -0.2) is 0 Å². The molecule has 66 valence electrons. The topological polar surface area (TPSA) is 9.23 Å². The molecule has 14 heavy (non-hydrogen) atoms. The first kappa shape index (κ1) is 10.9.